The zero-order chi connectivity index (χ0) is 59.2. The van der Waals surface area contributed by atoms with Crippen LogP contribution in [0, 0.1) is 0 Å². The number of carbonyl (C=O) groups excluding carboxylic acids is 3. The van der Waals surface area contributed by atoms with Crippen LogP contribution < -0.4 is 0 Å². The van der Waals surface area contributed by atoms with Crippen LogP contribution in [0.2, 0.25) is 0 Å². The molecule has 6 nitrogen and oxygen atoms in total. The van der Waals surface area contributed by atoms with Crippen LogP contribution in [0.3, 0.4) is 0 Å². The summed E-state index contributed by atoms with van der Waals surface area (Å²) in [6.45, 7) is 6.64. The first kappa shape index (κ1) is 79.1. The summed E-state index contributed by atoms with van der Waals surface area (Å²) < 4.78 is 17.0. The topological polar surface area (TPSA) is 78.9 Å². The van der Waals surface area contributed by atoms with E-state index in [1.807, 2.05) is 0 Å². The van der Waals surface area contributed by atoms with Gasteiger partial charge >= 0.3 is 17.9 Å². The van der Waals surface area contributed by atoms with Crippen molar-refractivity contribution >= 4 is 17.9 Å². The number of ether oxygens (including phenoxy) is 3. The number of rotatable bonds is 67. The summed E-state index contributed by atoms with van der Waals surface area (Å²) in [6, 6.07) is 0. The van der Waals surface area contributed by atoms with Crippen molar-refractivity contribution in [1.29, 1.82) is 0 Å². The predicted molar refractivity (Wildman–Crippen MR) is 358 cm³/mol. The Bertz CT molecular complexity index is 1460. The smallest absolute Gasteiger partial charge is 0.306 e. The molecule has 0 radical (unpaired) electrons. The molecule has 0 aromatic rings. The second kappa shape index (κ2) is 70.6. The Morgan fingerprint density at radius 3 is 0.695 bits per heavy atom. The van der Waals surface area contributed by atoms with Gasteiger partial charge in [0, 0.05) is 19.3 Å². The first-order valence-corrected chi connectivity index (χ1v) is 36.3. The van der Waals surface area contributed by atoms with Crippen molar-refractivity contribution in [2.75, 3.05) is 13.2 Å². The summed E-state index contributed by atoms with van der Waals surface area (Å²) in [5.41, 5.74) is 0. The molecule has 0 aromatic heterocycles. The fourth-order valence-electron chi connectivity index (χ4n) is 10.7. The van der Waals surface area contributed by atoms with Gasteiger partial charge in [0.15, 0.2) is 6.10 Å². The van der Waals surface area contributed by atoms with Crippen molar-refractivity contribution in [2.24, 2.45) is 0 Å². The minimum absolute atomic E-state index is 0.0761. The number of carbonyl (C=O) groups is 3. The van der Waals surface area contributed by atoms with Gasteiger partial charge in [0.25, 0.3) is 0 Å². The van der Waals surface area contributed by atoms with Gasteiger partial charge < -0.3 is 14.2 Å². The summed E-state index contributed by atoms with van der Waals surface area (Å²) >= 11 is 0. The molecule has 0 aliphatic carbocycles. The number of hydrogen-bond donors (Lipinski definition) is 0. The molecule has 0 amide bonds. The molecule has 0 aliphatic rings. The molecule has 0 fully saturated rings. The summed E-state index contributed by atoms with van der Waals surface area (Å²) in [5.74, 6) is -0.871. The number of allylic oxidation sites excluding steroid dienone is 10. The highest BCUT2D eigenvalue weighted by Crippen LogP contribution is 2.18. The van der Waals surface area contributed by atoms with Crippen molar-refractivity contribution in [2.45, 2.75) is 393 Å². The van der Waals surface area contributed by atoms with Gasteiger partial charge in [-0.25, -0.2) is 0 Å². The lowest BCUT2D eigenvalue weighted by Gasteiger charge is -2.18. The first-order valence-electron chi connectivity index (χ1n) is 36.3. The molecule has 0 bridgehead atoms. The second-order valence-electron chi connectivity index (χ2n) is 24.5. The van der Waals surface area contributed by atoms with Crippen LogP contribution in [0.15, 0.2) is 60.8 Å². The Morgan fingerprint density at radius 1 is 0.244 bits per heavy atom. The number of hydrogen-bond acceptors (Lipinski definition) is 6. The molecule has 0 rings (SSSR count). The van der Waals surface area contributed by atoms with Gasteiger partial charge in [-0.2, -0.15) is 0 Å². The van der Waals surface area contributed by atoms with Gasteiger partial charge in [0.1, 0.15) is 13.2 Å². The van der Waals surface area contributed by atoms with Crippen molar-refractivity contribution in [3.05, 3.63) is 60.8 Å². The lowest BCUT2D eigenvalue weighted by Crippen LogP contribution is -2.30. The molecule has 0 saturated heterocycles. The van der Waals surface area contributed by atoms with E-state index < -0.39 is 6.10 Å². The maximum atomic E-state index is 12.9. The minimum Gasteiger partial charge on any atom is -0.462 e. The number of esters is 3. The second-order valence-corrected chi connectivity index (χ2v) is 24.5. The molecule has 0 aliphatic heterocycles. The SMILES string of the molecule is CCCCCC/C=C\C/C=C\CCCCCCCCCC(=O)OC(COC(=O)CCCCCCC/C=C\CCCCCC)COC(=O)CCCCCCCCCCCCCCCCCCCCCCC/C=C\C/C=C\CCCCCCC. The third kappa shape index (κ3) is 67.9. The van der Waals surface area contributed by atoms with Crippen LogP contribution in [0.5, 0.6) is 0 Å². The van der Waals surface area contributed by atoms with Gasteiger partial charge in [-0.05, 0) is 109 Å². The molecule has 6 heteroatoms. The average Bonchev–Trinajstić information content (AvgIpc) is 3.47. The monoisotopic (exact) mass is 1150 g/mol. The van der Waals surface area contributed by atoms with E-state index in [2.05, 4.69) is 81.5 Å². The van der Waals surface area contributed by atoms with Crippen LogP contribution in [0.1, 0.15) is 387 Å². The predicted octanol–water partition coefficient (Wildman–Crippen LogP) is 25.1. The van der Waals surface area contributed by atoms with Crippen LogP contribution in [-0.2, 0) is 28.6 Å². The molecule has 0 heterocycles. The Morgan fingerprint density at radius 2 is 0.439 bits per heavy atom. The molecule has 0 saturated carbocycles. The van der Waals surface area contributed by atoms with Crippen LogP contribution in [0.4, 0.5) is 0 Å². The van der Waals surface area contributed by atoms with E-state index in [0.29, 0.717) is 19.3 Å². The van der Waals surface area contributed by atoms with E-state index in [-0.39, 0.29) is 31.1 Å². The largest absolute Gasteiger partial charge is 0.462 e. The molecular weight excluding hydrogens is 1010 g/mol. The van der Waals surface area contributed by atoms with Gasteiger partial charge in [0.2, 0.25) is 0 Å². The van der Waals surface area contributed by atoms with Crippen LogP contribution >= 0.6 is 0 Å². The van der Waals surface area contributed by atoms with E-state index >= 15 is 0 Å². The van der Waals surface area contributed by atoms with E-state index in [0.717, 1.165) is 83.5 Å². The summed E-state index contributed by atoms with van der Waals surface area (Å²) in [6.07, 6.45) is 91.2. The molecule has 0 aromatic carbocycles. The highest BCUT2D eigenvalue weighted by atomic mass is 16.6. The summed E-state index contributed by atoms with van der Waals surface area (Å²) in [4.78, 5) is 38.4. The summed E-state index contributed by atoms with van der Waals surface area (Å²) in [7, 11) is 0. The zero-order valence-corrected chi connectivity index (χ0v) is 55.0. The molecule has 82 heavy (non-hydrogen) atoms. The van der Waals surface area contributed by atoms with Crippen LogP contribution in [0.25, 0.3) is 0 Å². The molecule has 1 atom stereocenters. The van der Waals surface area contributed by atoms with Crippen LogP contribution in [-0.4, -0.2) is 37.2 Å². The van der Waals surface area contributed by atoms with Gasteiger partial charge in [-0.1, -0.05) is 319 Å². The third-order valence-electron chi connectivity index (χ3n) is 16.2. The average molecular weight is 1150 g/mol. The van der Waals surface area contributed by atoms with Gasteiger partial charge in [-0.15, -0.1) is 0 Å². The highest BCUT2D eigenvalue weighted by Gasteiger charge is 2.19. The Labute approximate surface area is 510 Å². The molecule has 478 valence electrons. The standard InChI is InChI=1S/C76H138O6/c1-4-7-10-13-16-19-22-25-27-29-31-32-33-34-35-36-37-38-39-40-41-42-43-44-45-47-48-51-54-57-60-63-66-69-75(78)81-72-73(71-80-74(77)68-65-62-59-56-53-50-24-21-18-15-12-9-6-3)82-76(79)70-67-64-61-58-55-52-49-46-30-28-26-23-20-17-14-11-8-5-2/h20-25,28-31,73H,4-19,26-27,32-72H2,1-3H3/b23-20-,24-21-,25-22-,30-28-,31-29-. The fourth-order valence-corrected chi connectivity index (χ4v) is 10.7. The van der Waals surface area contributed by atoms with E-state index in [1.54, 1.807) is 0 Å². The lowest BCUT2D eigenvalue weighted by atomic mass is 10.0. The summed E-state index contributed by atoms with van der Waals surface area (Å²) in [5, 5.41) is 0. The fraction of sp³-hybridized carbons (Fsp3) is 0.829. The van der Waals surface area contributed by atoms with Crippen molar-refractivity contribution in [3.63, 3.8) is 0 Å². The molecule has 0 spiro atoms. The highest BCUT2D eigenvalue weighted by molar-refractivity contribution is 5.71. The van der Waals surface area contributed by atoms with Gasteiger partial charge in [0.05, 0.1) is 0 Å². The Hall–Kier alpha value is -2.89. The quantitative estimate of drug-likeness (QED) is 0.0261. The minimum atomic E-state index is -0.781. The van der Waals surface area contributed by atoms with E-state index in [1.165, 1.54) is 263 Å². The Balaban J connectivity index is 4.14. The van der Waals surface area contributed by atoms with Gasteiger partial charge in [-0.3, -0.25) is 14.4 Å². The van der Waals surface area contributed by atoms with Crippen molar-refractivity contribution in [3.8, 4) is 0 Å². The lowest BCUT2D eigenvalue weighted by molar-refractivity contribution is -0.167. The maximum Gasteiger partial charge on any atom is 0.306 e. The zero-order valence-electron chi connectivity index (χ0n) is 55.0. The maximum absolute atomic E-state index is 12.9. The van der Waals surface area contributed by atoms with E-state index in [9.17, 15) is 14.4 Å². The molecular formula is C76H138O6. The van der Waals surface area contributed by atoms with Crippen molar-refractivity contribution in [1.82, 2.24) is 0 Å². The molecule has 0 N–H and O–H groups in total. The molecule has 1 unspecified atom stereocenters. The normalized spacial score (nSPS) is 12.4. The third-order valence-corrected chi connectivity index (χ3v) is 16.2. The Kier molecular flexibility index (Phi) is 68.1. The van der Waals surface area contributed by atoms with E-state index in [4.69, 9.17) is 14.2 Å². The van der Waals surface area contributed by atoms with Crippen molar-refractivity contribution < 1.29 is 28.6 Å². The number of unbranched alkanes of at least 4 members (excludes halogenated alkanes) is 46. The first-order chi connectivity index (χ1) is 40.5.